The highest BCUT2D eigenvalue weighted by atomic mass is 16.5. The van der Waals surface area contributed by atoms with Crippen LogP contribution in [0, 0.1) is 0 Å². The highest BCUT2D eigenvalue weighted by Gasteiger charge is 2.23. The predicted molar refractivity (Wildman–Crippen MR) is 83.0 cm³/mol. The van der Waals surface area contributed by atoms with Crippen molar-refractivity contribution in [2.75, 3.05) is 19.6 Å². The van der Waals surface area contributed by atoms with Crippen LogP contribution in [0.4, 0.5) is 0 Å². The van der Waals surface area contributed by atoms with Gasteiger partial charge in [-0.15, -0.1) is 0 Å². The van der Waals surface area contributed by atoms with E-state index in [0.29, 0.717) is 0 Å². The smallest absolute Gasteiger partial charge is 0.142 e. The summed E-state index contributed by atoms with van der Waals surface area (Å²) in [6.07, 6.45) is 2.08. The third-order valence-corrected chi connectivity index (χ3v) is 4.09. The summed E-state index contributed by atoms with van der Waals surface area (Å²) in [5, 5.41) is 7.56. The van der Waals surface area contributed by atoms with Crippen LogP contribution >= 0.6 is 0 Å². The van der Waals surface area contributed by atoms with Crippen molar-refractivity contribution in [3.05, 3.63) is 52.9 Å². The molecule has 0 radical (unpaired) electrons. The van der Waals surface area contributed by atoms with E-state index in [1.54, 1.807) is 0 Å². The third kappa shape index (κ3) is 3.52. The summed E-state index contributed by atoms with van der Waals surface area (Å²) in [7, 11) is 0. The van der Waals surface area contributed by atoms with Crippen molar-refractivity contribution >= 4 is 0 Å². The van der Waals surface area contributed by atoms with Crippen molar-refractivity contribution in [1.29, 1.82) is 0 Å². The van der Waals surface area contributed by atoms with Gasteiger partial charge in [-0.3, -0.25) is 4.90 Å². The van der Waals surface area contributed by atoms with Gasteiger partial charge in [0, 0.05) is 38.2 Å². The maximum Gasteiger partial charge on any atom is 0.142 e. The molecule has 1 aliphatic heterocycles. The van der Waals surface area contributed by atoms with Crippen molar-refractivity contribution in [2.24, 2.45) is 0 Å². The number of nitrogens with zero attached hydrogens (tertiary/aromatic N) is 2. The highest BCUT2D eigenvalue weighted by molar-refractivity contribution is 5.25. The number of benzene rings is 1. The average Bonchev–Trinajstić information content (AvgIpc) is 2.94. The molecule has 0 aliphatic carbocycles. The van der Waals surface area contributed by atoms with E-state index in [1.165, 1.54) is 11.1 Å². The van der Waals surface area contributed by atoms with Crippen LogP contribution in [0.15, 0.2) is 34.9 Å². The SMILES string of the molecule is CCNCc1noc2c1CN(CCc1ccccc1)CC2. The highest BCUT2D eigenvalue weighted by Crippen LogP contribution is 2.22. The minimum absolute atomic E-state index is 0.807. The molecule has 0 saturated carbocycles. The molecule has 0 unspecified atom stereocenters. The molecule has 2 heterocycles. The van der Waals surface area contributed by atoms with Crippen molar-refractivity contribution in [3.8, 4) is 0 Å². The van der Waals surface area contributed by atoms with Gasteiger partial charge in [0.2, 0.25) is 0 Å². The maximum absolute atomic E-state index is 5.48. The Labute approximate surface area is 126 Å². The molecule has 2 aromatic rings. The van der Waals surface area contributed by atoms with E-state index < -0.39 is 0 Å². The number of hydrogen-bond acceptors (Lipinski definition) is 4. The number of aromatic nitrogens is 1. The quantitative estimate of drug-likeness (QED) is 0.885. The van der Waals surface area contributed by atoms with Crippen molar-refractivity contribution in [3.63, 3.8) is 0 Å². The van der Waals surface area contributed by atoms with Gasteiger partial charge in [-0.1, -0.05) is 42.4 Å². The molecule has 1 N–H and O–H groups in total. The van der Waals surface area contributed by atoms with Crippen molar-refractivity contribution in [1.82, 2.24) is 15.4 Å². The Bertz CT molecular complexity index is 565. The number of hydrogen-bond donors (Lipinski definition) is 1. The number of nitrogens with one attached hydrogen (secondary N) is 1. The summed E-state index contributed by atoms with van der Waals surface area (Å²) in [5.74, 6) is 1.08. The van der Waals surface area contributed by atoms with E-state index >= 15 is 0 Å². The second-order valence-corrected chi connectivity index (χ2v) is 5.57. The van der Waals surface area contributed by atoms with Gasteiger partial charge in [-0.2, -0.15) is 0 Å². The van der Waals surface area contributed by atoms with E-state index in [2.05, 4.69) is 52.6 Å². The van der Waals surface area contributed by atoms with Gasteiger partial charge in [0.15, 0.2) is 0 Å². The zero-order valence-electron chi connectivity index (χ0n) is 12.6. The monoisotopic (exact) mass is 285 g/mol. The van der Waals surface area contributed by atoms with E-state index in [4.69, 9.17) is 4.52 Å². The molecule has 0 saturated heterocycles. The second-order valence-electron chi connectivity index (χ2n) is 5.57. The summed E-state index contributed by atoms with van der Waals surface area (Å²) in [5.41, 5.74) is 3.79. The molecule has 112 valence electrons. The minimum Gasteiger partial charge on any atom is -0.361 e. The number of rotatable bonds is 6. The van der Waals surface area contributed by atoms with Gasteiger partial charge < -0.3 is 9.84 Å². The van der Waals surface area contributed by atoms with E-state index in [-0.39, 0.29) is 0 Å². The van der Waals surface area contributed by atoms with Crippen molar-refractivity contribution < 1.29 is 4.52 Å². The molecular formula is C17H23N3O. The molecule has 21 heavy (non-hydrogen) atoms. The van der Waals surface area contributed by atoms with Gasteiger partial charge >= 0.3 is 0 Å². The Kier molecular flexibility index (Phi) is 4.68. The first-order chi connectivity index (χ1) is 10.4. The van der Waals surface area contributed by atoms with Crippen LogP contribution in [0.3, 0.4) is 0 Å². The Balaban J connectivity index is 1.59. The lowest BCUT2D eigenvalue weighted by atomic mass is 10.0. The lowest BCUT2D eigenvalue weighted by Gasteiger charge is -2.26. The minimum atomic E-state index is 0.807. The zero-order chi connectivity index (χ0) is 14.5. The molecule has 3 rings (SSSR count). The fourth-order valence-corrected chi connectivity index (χ4v) is 2.82. The first kappa shape index (κ1) is 14.3. The average molecular weight is 285 g/mol. The van der Waals surface area contributed by atoms with Crippen LogP contribution in [-0.2, 0) is 25.9 Å². The third-order valence-electron chi connectivity index (χ3n) is 4.09. The Morgan fingerprint density at radius 3 is 2.95 bits per heavy atom. The van der Waals surface area contributed by atoms with Gasteiger partial charge in [0.25, 0.3) is 0 Å². The second kappa shape index (κ2) is 6.87. The summed E-state index contributed by atoms with van der Waals surface area (Å²) in [6.45, 7) is 7.00. The van der Waals surface area contributed by atoms with Crippen LogP contribution in [0.2, 0.25) is 0 Å². The molecule has 4 heteroatoms. The molecule has 1 aromatic heterocycles. The molecular weight excluding hydrogens is 262 g/mol. The topological polar surface area (TPSA) is 41.3 Å². The van der Waals surface area contributed by atoms with Crippen molar-refractivity contribution in [2.45, 2.75) is 32.9 Å². The summed E-state index contributed by atoms with van der Waals surface area (Å²) in [4.78, 5) is 2.50. The van der Waals surface area contributed by atoms with E-state index in [9.17, 15) is 0 Å². The molecule has 0 amide bonds. The van der Waals surface area contributed by atoms with Crippen LogP contribution < -0.4 is 5.32 Å². The summed E-state index contributed by atoms with van der Waals surface area (Å²) in [6, 6.07) is 10.7. The van der Waals surface area contributed by atoms with Gasteiger partial charge in [0.1, 0.15) is 11.5 Å². The fraction of sp³-hybridized carbons (Fsp3) is 0.471. The molecule has 0 bridgehead atoms. The lowest BCUT2D eigenvalue weighted by molar-refractivity contribution is 0.239. The molecule has 4 nitrogen and oxygen atoms in total. The Hall–Kier alpha value is -1.65. The first-order valence-electron chi connectivity index (χ1n) is 7.80. The Morgan fingerprint density at radius 2 is 2.14 bits per heavy atom. The zero-order valence-corrected chi connectivity index (χ0v) is 12.6. The van der Waals surface area contributed by atoms with Gasteiger partial charge in [-0.25, -0.2) is 0 Å². The first-order valence-corrected chi connectivity index (χ1v) is 7.80. The fourth-order valence-electron chi connectivity index (χ4n) is 2.82. The summed E-state index contributed by atoms with van der Waals surface area (Å²) < 4.78 is 5.48. The molecule has 0 spiro atoms. The summed E-state index contributed by atoms with van der Waals surface area (Å²) >= 11 is 0. The standard InChI is InChI=1S/C17H23N3O/c1-2-18-12-16-15-13-20(11-9-17(15)21-19-16)10-8-14-6-4-3-5-7-14/h3-7,18H,2,8-13H2,1H3. The molecule has 1 aromatic carbocycles. The van der Waals surface area contributed by atoms with Gasteiger partial charge in [-0.05, 0) is 18.5 Å². The molecule has 0 atom stereocenters. The van der Waals surface area contributed by atoms with Crippen LogP contribution in [0.25, 0.3) is 0 Å². The number of fused-ring (bicyclic) bond motifs is 1. The van der Waals surface area contributed by atoms with Crippen LogP contribution in [0.1, 0.15) is 29.5 Å². The predicted octanol–water partition coefficient (Wildman–Crippen LogP) is 2.38. The Morgan fingerprint density at radius 1 is 1.29 bits per heavy atom. The normalized spacial score (nSPS) is 15.1. The molecule has 1 aliphatic rings. The maximum atomic E-state index is 5.48. The van der Waals surface area contributed by atoms with Crippen LogP contribution in [0.5, 0.6) is 0 Å². The largest absolute Gasteiger partial charge is 0.361 e. The van der Waals surface area contributed by atoms with E-state index in [0.717, 1.165) is 57.0 Å². The van der Waals surface area contributed by atoms with Crippen LogP contribution in [-0.4, -0.2) is 29.7 Å². The van der Waals surface area contributed by atoms with Gasteiger partial charge in [0.05, 0.1) is 0 Å². The molecule has 0 fully saturated rings. The van der Waals surface area contributed by atoms with E-state index in [1.807, 2.05) is 0 Å². The lowest BCUT2D eigenvalue weighted by Crippen LogP contribution is -2.32.